The summed E-state index contributed by atoms with van der Waals surface area (Å²) in [4.78, 5) is 15.1. The lowest BCUT2D eigenvalue weighted by molar-refractivity contribution is -0.133. The average Bonchev–Trinajstić information content (AvgIpc) is 3.33. The van der Waals surface area contributed by atoms with E-state index in [4.69, 9.17) is 5.73 Å². The minimum atomic E-state index is -1.19. The number of fused-ring (bicyclic) bond motifs is 3. The maximum absolute atomic E-state index is 14.1. The van der Waals surface area contributed by atoms with Crippen LogP contribution in [0.25, 0.3) is 0 Å². The van der Waals surface area contributed by atoms with E-state index in [1.807, 2.05) is 12.1 Å². The number of nitrogens with two attached hydrogens (primary N) is 1. The third-order valence-corrected chi connectivity index (χ3v) is 8.39. The van der Waals surface area contributed by atoms with Gasteiger partial charge < -0.3 is 10.6 Å². The number of hydrogen-bond acceptors (Lipinski definition) is 4. The molecule has 4 nitrogen and oxygen atoms in total. The molecule has 2 aromatic carbocycles. The fraction of sp³-hybridized carbons (Fsp3) is 0.480. The van der Waals surface area contributed by atoms with Crippen molar-refractivity contribution in [2.45, 2.75) is 63.3 Å². The number of piperidine rings is 1. The molecular weight excluding hydrogens is 447 g/mol. The van der Waals surface area contributed by atoms with Gasteiger partial charge in [-0.15, -0.1) is 0 Å². The Bertz CT molecular complexity index is 1010. The average molecular weight is 476 g/mol. The lowest BCUT2D eigenvalue weighted by Crippen LogP contribution is -2.51. The summed E-state index contributed by atoms with van der Waals surface area (Å²) in [5.74, 6) is -2.29. The molecule has 3 aliphatic rings. The minimum Gasteiger partial charge on any atom is -0.336 e. The first-order valence-electron chi connectivity index (χ1n) is 11.5. The summed E-state index contributed by atoms with van der Waals surface area (Å²) in [6, 6.07) is 9.80. The Morgan fingerprint density at radius 2 is 1.61 bits per heavy atom. The zero-order chi connectivity index (χ0) is 23.1. The molecule has 3 atom stereocenters. The van der Waals surface area contributed by atoms with Gasteiger partial charge in [0.25, 0.3) is 0 Å². The molecule has 3 unspecified atom stereocenters. The third kappa shape index (κ3) is 4.66. The number of hydrogen-bond donors (Lipinski definition) is 1. The van der Waals surface area contributed by atoms with E-state index in [2.05, 4.69) is 21.3 Å². The van der Waals surface area contributed by atoms with Gasteiger partial charge in [0.05, 0.1) is 5.75 Å². The molecule has 3 heterocycles. The second-order valence-electron chi connectivity index (χ2n) is 9.48. The first-order chi connectivity index (χ1) is 15.9. The van der Waals surface area contributed by atoms with Crippen LogP contribution >= 0.6 is 11.9 Å². The molecule has 33 heavy (non-hydrogen) atoms. The summed E-state index contributed by atoms with van der Waals surface area (Å²) < 4.78 is 43.1. The zero-order valence-electron chi connectivity index (χ0n) is 18.4. The van der Waals surface area contributed by atoms with Crippen LogP contribution in [0, 0.1) is 23.4 Å². The van der Waals surface area contributed by atoms with E-state index < -0.39 is 17.5 Å². The molecule has 2 bridgehead atoms. The Labute approximate surface area is 196 Å². The first-order valence-corrected chi connectivity index (χ1v) is 12.5. The van der Waals surface area contributed by atoms with Crippen molar-refractivity contribution in [3.05, 3.63) is 70.5 Å². The van der Waals surface area contributed by atoms with Crippen molar-refractivity contribution in [3.8, 4) is 0 Å². The van der Waals surface area contributed by atoms with Crippen LogP contribution in [0.1, 0.15) is 42.4 Å². The number of amides is 1. The summed E-state index contributed by atoms with van der Waals surface area (Å²) in [5.41, 5.74) is 9.15. The number of nitrogens with zero attached hydrogens (tertiary/aromatic N) is 2. The van der Waals surface area contributed by atoms with Crippen LogP contribution in [-0.4, -0.2) is 39.0 Å². The molecule has 0 spiro atoms. The topological polar surface area (TPSA) is 49.6 Å². The van der Waals surface area contributed by atoms with Crippen LogP contribution in [0.15, 0.2) is 36.4 Å². The number of halogens is 3. The number of rotatable bonds is 6. The van der Waals surface area contributed by atoms with Crippen molar-refractivity contribution < 1.29 is 18.0 Å². The van der Waals surface area contributed by atoms with E-state index in [1.165, 1.54) is 11.1 Å². The van der Waals surface area contributed by atoms with Gasteiger partial charge in [-0.1, -0.05) is 36.2 Å². The molecule has 8 heteroatoms. The van der Waals surface area contributed by atoms with Crippen molar-refractivity contribution in [2.24, 2.45) is 11.7 Å². The molecule has 2 aromatic rings. The van der Waals surface area contributed by atoms with Gasteiger partial charge in [-0.25, -0.2) is 17.5 Å². The number of carbonyl (C=O) groups is 1. The molecule has 2 N–H and O–H groups in total. The predicted molar refractivity (Wildman–Crippen MR) is 123 cm³/mol. The number of benzene rings is 2. The van der Waals surface area contributed by atoms with Gasteiger partial charge >= 0.3 is 0 Å². The molecule has 2 fully saturated rings. The summed E-state index contributed by atoms with van der Waals surface area (Å²) in [5, 5.41) is 0. The molecular formula is C25H28F3N3OS. The molecule has 0 aliphatic carbocycles. The van der Waals surface area contributed by atoms with E-state index in [-0.39, 0.29) is 41.9 Å². The van der Waals surface area contributed by atoms with Crippen LogP contribution in [0.3, 0.4) is 0 Å². The van der Waals surface area contributed by atoms with Gasteiger partial charge in [-0.2, -0.15) is 0 Å². The van der Waals surface area contributed by atoms with Gasteiger partial charge in [-0.05, 0) is 60.8 Å². The van der Waals surface area contributed by atoms with Gasteiger partial charge in [0.1, 0.15) is 5.82 Å². The molecule has 3 aliphatic heterocycles. The fourth-order valence-corrected chi connectivity index (χ4v) is 6.63. The molecule has 0 aromatic heterocycles. The maximum atomic E-state index is 14.1. The summed E-state index contributed by atoms with van der Waals surface area (Å²) in [6.07, 6.45) is 3.62. The van der Waals surface area contributed by atoms with Crippen LogP contribution in [0.4, 0.5) is 13.2 Å². The standard InChI is InChI=1S/C25H28F3N3OS/c26-21-11-23(28)22(27)9-17(21)10-24(29)18-7-19-5-6-20(8-18)31(19)25(32)14-33-30-12-15-3-1-2-4-16(15)13-30/h1-4,9,11,18-20,24H,5-8,10,12-14,29H2. The fourth-order valence-electron chi connectivity index (χ4n) is 5.73. The monoisotopic (exact) mass is 475 g/mol. The molecule has 176 valence electrons. The van der Waals surface area contributed by atoms with E-state index >= 15 is 0 Å². The first kappa shape index (κ1) is 22.7. The normalized spacial score (nSPS) is 25.3. The Morgan fingerprint density at radius 1 is 1.00 bits per heavy atom. The van der Waals surface area contributed by atoms with E-state index in [1.54, 1.807) is 11.9 Å². The van der Waals surface area contributed by atoms with Crippen molar-refractivity contribution in [1.82, 2.24) is 9.21 Å². The van der Waals surface area contributed by atoms with Gasteiger partial charge in [0.2, 0.25) is 5.91 Å². The van der Waals surface area contributed by atoms with Crippen LogP contribution < -0.4 is 5.73 Å². The molecule has 0 radical (unpaired) electrons. The van der Waals surface area contributed by atoms with Crippen LogP contribution in [0.2, 0.25) is 0 Å². The Morgan fingerprint density at radius 3 is 2.24 bits per heavy atom. The van der Waals surface area contributed by atoms with E-state index in [9.17, 15) is 18.0 Å². The Kier molecular flexibility index (Phi) is 6.42. The zero-order valence-corrected chi connectivity index (χ0v) is 19.2. The maximum Gasteiger partial charge on any atom is 0.234 e. The molecule has 5 rings (SSSR count). The minimum absolute atomic E-state index is 0.107. The van der Waals surface area contributed by atoms with Crippen LogP contribution in [-0.2, 0) is 24.3 Å². The van der Waals surface area contributed by atoms with Gasteiger partial charge in [-0.3, -0.25) is 4.79 Å². The van der Waals surface area contributed by atoms with Crippen molar-refractivity contribution in [3.63, 3.8) is 0 Å². The molecule has 0 saturated carbocycles. The number of carbonyl (C=O) groups excluding carboxylic acids is 1. The van der Waals surface area contributed by atoms with Crippen molar-refractivity contribution in [2.75, 3.05) is 5.75 Å². The Balaban J connectivity index is 1.16. The second kappa shape index (κ2) is 9.31. The highest BCUT2D eigenvalue weighted by atomic mass is 32.2. The van der Waals surface area contributed by atoms with E-state index in [0.29, 0.717) is 11.8 Å². The summed E-state index contributed by atoms with van der Waals surface area (Å²) in [6.45, 7) is 1.72. The highest BCUT2D eigenvalue weighted by molar-refractivity contribution is 7.97. The largest absolute Gasteiger partial charge is 0.336 e. The highest BCUT2D eigenvalue weighted by Crippen LogP contribution is 2.41. The smallest absolute Gasteiger partial charge is 0.234 e. The lowest BCUT2D eigenvalue weighted by atomic mass is 9.82. The van der Waals surface area contributed by atoms with Gasteiger partial charge in [0.15, 0.2) is 11.6 Å². The molecule has 2 saturated heterocycles. The Hall–Kier alpha value is -2.03. The van der Waals surface area contributed by atoms with Crippen molar-refractivity contribution >= 4 is 17.9 Å². The van der Waals surface area contributed by atoms with Crippen LogP contribution in [0.5, 0.6) is 0 Å². The SMILES string of the molecule is NC(Cc1cc(F)c(F)cc1F)C1CC2CCC(C1)N2C(=O)CSN1Cc2ccccc2C1. The third-order valence-electron chi connectivity index (χ3n) is 7.39. The predicted octanol–water partition coefficient (Wildman–Crippen LogP) is 4.41. The quantitative estimate of drug-likeness (QED) is 0.497. The summed E-state index contributed by atoms with van der Waals surface area (Å²) in [7, 11) is 0. The molecule has 1 amide bonds. The van der Waals surface area contributed by atoms with Gasteiger partial charge in [0, 0.05) is 37.3 Å². The van der Waals surface area contributed by atoms with E-state index in [0.717, 1.165) is 44.8 Å². The van der Waals surface area contributed by atoms with Crippen molar-refractivity contribution in [1.29, 1.82) is 0 Å². The highest BCUT2D eigenvalue weighted by Gasteiger charge is 2.44. The lowest BCUT2D eigenvalue weighted by Gasteiger charge is -2.41. The second-order valence-corrected chi connectivity index (χ2v) is 10.5. The summed E-state index contributed by atoms with van der Waals surface area (Å²) >= 11 is 1.60.